The van der Waals surface area contributed by atoms with Crippen LogP contribution in [0.25, 0.3) is 10.9 Å². The Bertz CT molecular complexity index is 657. The Morgan fingerprint density at radius 2 is 2.35 bits per heavy atom. The number of ether oxygens (including phenoxy) is 1. The summed E-state index contributed by atoms with van der Waals surface area (Å²) in [4.78, 5) is 16.8. The molecule has 1 aliphatic rings. The lowest BCUT2D eigenvalue weighted by atomic mass is 10.0. The third kappa shape index (κ3) is 2.75. The van der Waals surface area contributed by atoms with E-state index >= 15 is 0 Å². The highest BCUT2D eigenvalue weighted by Gasteiger charge is 2.15. The molecule has 1 aromatic heterocycles. The predicted molar refractivity (Wildman–Crippen MR) is 78.9 cm³/mol. The van der Waals surface area contributed by atoms with Gasteiger partial charge in [-0.3, -0.25) is 9.36 Å². The van der Waals surface area contributed by atoms with E-state index in [4.69, 9.17) is 4.74 Å². The monoisotopic (exact) mass is 272 g/mol. The molecule has 0 N–H and O–H groups in total. The highest BCUT2D eigenvalue weighted by atomic mass is 16.5. The quantitative estimate of drug-likeness (QED) is 0.859. The molecule has 4 nitrogen and oxygen atoms in total. The number of rotatable bonds is 4. The van der Waals surface area contributed by atoms with Gasteiger partial charge in [0.25, 0.3) is 5.56 Å². The third-order valence-corrected chi connectivity index (χ3v) is 4.01. The summed E-state index contributed by atoms with van der Waals surface area (Å²) in [7, 11) is 0. The van der Waals surface area contributed by atoms with Crippen LogP contribution in [0.3, 0.4) is 0 Å². The van der Waals surface area contributed by atoms with Crippen molar-refractivity contribution >= 4 is 10.9 Å². The first-order valence-electron chi connectivity index (χ1n) is 7.27. The molecule has 20 heavy (non-hydrogen) atoms. The molecule has 1 atom stereocenters. The summed E-state index contributed by atoms with van der Waals surface area (Å²) in [6, 6.07) is 5.82. The lowest BCUT2D eigenvalue weighted by Gasteiger charge is -2.09. The van der Waals surface area contributed by atoms with Gasteiger partial charge in [0.05, 0.1) is 17.2 Å². The smallest absolute Gasteiger partial charge is 0.261 e. The summed E-state index contributed by atoms with van der Waals surface area (Å²) in [6.45, 7) is 4.51. The number of nitrogens with zero attached hydrogens (tertiary/aromatic N) is 2. The maximum Gasteiger partial charge on any atom is 0.261 e. The van der Waals surface area contributed by atoms with Gasteiger partial charge in [-0.1, -0.05) is 11.6 Å². The van der Waals surface area contributed by atoms with Gasteiger partial charge in [-0.2, -0.15) is 0 Å². The zero-order chi connectivity index (χ0) is 13.9. The van der Waals surface area contributed by atoms with Gasteiger partial charge < -0.3 is 4.74 Å². The Hall–Kier alpha value is -1.68. The largest absolute Gasteiger partial charge is 0.381 e. The second-order valence-corrected chi connectivity index (χ2v) is 5.64. The summed E-state index contributed by atoms with van der Waals surface area (Å²) >= 11 is 0. The van der Waals surface area contributed by atoms with E-state index in [0.29, 0.717) is 5.92 Å². The lowest BCUT2D eigenvalue weighted by Crippen LogP contribution is -2.21. The molecule has 0 bridgehead atoms. The van der Waals surface area contributed by atoms with Crippen LogP contribution in [0.1, 0.15) is 24.8 Å². The van der Waals surface area contributed by atoms with Gasteiger partial charge in [-0.25, -0.2) is 4.98 Å². The molecular weight excluding hydrogens is 252 g/mol. The van der Waals surface area contributed by atoms with Gasteiger partial charge >= 0.3 is 0 Å². The van der Waals surface area contributed by atoms with Gasteiger partial charge in [-0.15, -0.1) is 0 Å². The van der Waals surface area contributed by atoms with Crippen molar-refractivity contribution in [1.82, 2.24) is 9.55 Å². The van der Waals surface area contributed by atoms with E-state index in [1.54, 1.807) is 10.9 Å². The topological polar surface area (TPSA) is 44.1 Å². The van der Waals surface area contributed by atoms with Crippen LogP contribution in [0.15, 0.2) is 29.3 Å². The standard InChI is InChI=1S/C16H20N2O2/c1-12-4-5-15-14(9-12)16(19)18(11-17-15)7-2-3-13-6-8-20-10-13/h4-5,9,11,13H,2-3,6-8,10H2,1H3/t13-/m1/s1. The minimum absolute atomic E-state index is 0.0707. The van der Waals surface area contributed by atoms with E-state index in [2.05, 4.69) is 4.98 Å². The van der Waals surface area contributed by atoms with Crippen molar-refractivity contribution < 1.29 is 4.74 Å². The Balaban J connectivity index is 1.74. The Morgan fingerprint density at radius 3 is 3.15 bits per heavy atom. The number of hydrogen-bond acceptors (Lipinski definition) is 3. The maximum atomic E-state index is 12.4. The summed E-state index contributed by atoms with van der Waals surface area (Å²) in [5, 5.41) is 0.719. The number of hydrogen-bond donors (Lipinski definition) is 0. The van der Waals surface area contributed by atoms with Crippen molar-refractivity contribution in [3.8, 4) is 0 Å². The molecule has 0 aliphatic carbocycles. The van der Waals surface area contributed by atoms with Crippen LogP contribution in [0.4, 0.5) is 0 Å². The minimum atomic E-state index is 0.0707. The van der Waals surface area contributed by atoms with E-state index < -0.39 is 0 Å². The first-order valence-corrected chi connectivity index (χ1v) is 7.27. The first kappa shape index (κ1) is 13.3. The zero-order valence-corrected chi connectivity index (χ0v) is 11.8. The van der Waals surface area contributed by atoms with Crippen LogP contribution >= 0.6 is 0 Å². The molecule has 4 heteroatoms. The second kappa shape index (κ2) is 5.75. The fraction of sp³-hybridized carbons (Fsp3) is 0.500. The Kier molecular flexibility index (Phi) is 3.83. The number of fused-ring (bicyclic) bond motifs is 1. The van der Waals surface area contributed by atoms with Crippen molar-refractivity contribution in [2.24, 2.45) is 5.92 Å². The fourth-order valence-corrected chi connectivity index (χ4v) is 2.79. The van der Waals surface area contributed by atoms with Gasteiger partial charge in [0.1, 0.15) is 0 Å². The molecule has 2 aromatic rings. The molecule has 1 aromatic carbocycles. The molecule has 1 aliphatic heterocycles. The van der Waals surface area contributed by atoms with Crippen LogP contribution in [0.5, 0.6) is 0 Å². The van der Waals surface area contributed by atoms with Crippen molar-refractivity contribution in [2.45, 2.75) is 32.7 Å². The first-order chi connectivity index (χ1) is 9.74. The van der Waals surface area contributed by atoms with Crippen molar-refractivity contribution in [3.05, 3.63) is 40.4 Å². The van der Waals surface area contributed by atoms with Crippen LogP contribution in [-0.2, 0) is 11.3 Å². The van der Waals surface area contributed by atoms with Crippen LogP contribution in [0, 0.1) is 12.8 Å². The SMILES string of the molecule is Cc1ccc2ncn(CCC[C@@H]3CCOC3)c(=O)c2c1. The van der Waals surface area contributed by atoms with Crippen LogP contribution in [-0.4, -0.2) is 22.8 Å². The summed E-state index contributed by atoms with van der Waals surface area (Å²) in [6.07, 6.45) is 4.96. The fourth-order valence-electron chi connectivity index (χ4n) is 2.79. The lowest BCUT2D eigenvalue weighted by molar-refractivity contribution is 0.183. The predicted octanol–water partition coefficient (Wildman–Crippen LogP) is 2.52. The molecule has 3 rings (SSSR count). The molecule has 1 saturated heterocycles. The summed E-state index contributed by atoms with van der Waals surface area (Å²) in [5.74, 6) is 0.668. The number of benzene rings is 1. The van der Waals surface area contributed by atoms with Gasteiger partial charge in [-0.05, 0) is 44.2 Å². The third-order valence-electron chi connectivity index (χ3n) is 4.01. The van der Waals surface area contributed by atoms with E-state index in [9.17, 15) is 4.79 Å². The summed E-state index contributed by atoms with van der Waals surface area (Å²) < 4.78 is 7.11. The van der Waals surface area contributed by atoms with Gasteiger partial charge in [0, 0.05) is 19.8 Å². The van der Waals surface area contributed by atoms with E-state index in [1.165, 1.54) is 0 Å². The van der Waals surface area contributed by atoms with Crippen molar-refractivity contribution in [2.75, 3.05) is 13.2 Å². The Labute approximate surface area is 118 Å². The average molecular weight is 272 g/mol. The second-order valence-electron chi connectivity index (χ2n) is 5.64. The van der Waals surface area contributed by atoms with E-state index in [-0.39, 0.29) is 5.56 Å². The van der Waals surface area contributed by atoms with Gasteiger partial charge in [0.15, 0.2) is 0 Å². The molecule has 0 radical (unpaired) electrons. The molecule has 0 spiro atoms. The average Bonchev–Trinajstić information content (AvgIpc) is 2.95. The van der Waals surface area contributed by atoms with E-state index in [1.807, 2.05) is 25.1 Å². The van der Waals surface area contributed by atoms with Crippen molar-refractivity contribution in [3.63, 3.8) is 0 Å². The number of aromatic nitrogens is 2. The summed E-state index contributed by atoms with van der Waals surface area (Å²) in [5.41, 5.74) is 1.94. The van der Waals surface area contributed by atoms with Crippen LogP contribution in [0.2, 0.25) is 0 Å². The zero-order valence-electron chi connectivity index (χ0n) is 11.8. The van der Waals surface area contributed by atoms with Crippen LogP contribution < -0.4 is 5.56 Å². The normalized spacial score (nSPS) is 18.8. The molecule has 0 unspecified atom stereocenters. The molecule has 0 amide bonds. The highest BCUT2D eigenvalue weighted by Crippen LogP contribution is 2.18. The molecule has 106 valence electrons. The molecule has 1 fully saturated rings. The Morgan fingerprint density at radius 1 is 1.45 bits per heavy atom. The van der Waals surface area contributed by atoms with Gasteiger partial charge in [0.2, 0.25) is 0 Å². The number of aryl methyl sites for hydroxylation is 2. The minimum Gasteiger partial charge on any atom is -0.381 e. The highest BCUT2D eigenvalue weighted by molar-refractivity contribution is 5.77. The molecule has 2 heterocycles. The van der Waals surface area contributed by atoms with E-state index in [0.717, 1.165) is 55.5 Å². The van der Waals surface area contributed by atoms with Crippen molar-refractivity contribution in [1.29, 1.82) is 0 Å². The molecule has 0 saturated carbocycles. The molecular formula is C16H20N2O2. The maximum absolute atomic E-state index is 12.4.